The Morgan fingerprint density at radius 1 is 0.714 bits per heavy atom. The highest BCUT2D eigenvalue weighted by Gasteiger charge is 2.47. The minimum absolute atomic E-state index is 0.0856. The monoisotopic (exact) mass is 780 g/mol. The molecule has 12 atom stereocenters. The number of benzene rings is 2. The molecule has 1 aliphatic carbocycles. The molecule has 0 saturated carbocycles. The van der Waals surface area contributed by atoms with E-state index >= 15 is 0 Å². The van der Waals surface area contributed by atoms with Crippen LogP contribution < -0.4 is 20.7 Å². The number of fused-ring (bicyclic) bond motifs is 2. The average Bonchev–Trinajstić information content (AvgIpc) is 3.18. The lowest BCUT2D eigenvalue weighted by Crippen LogP contribution is -2.60. The summed E-state index contributed by atoms with van der Waals surface area (Å²) in [6, 6.07) is 12.1. The largest absolute Gasteiger partial charge is 0.462 e. The molecule has 4 aromatic rings. The molecule has 8 N–H and O–H groups in total. The fraction of sp³-hybridized carbons (Fsp3) is 0.450. The van der Waals surface area contributed by atoms with Gasteiger partial charge in [0.15, 0.2) is 0 Å². The topological polar surface area (TPSA) is 259 Å². The van der Waals surface area contributed by atoms with Crippen LogP contribution in [0.15, 0.2) is 84.7 Å². The Hall–Kier alpha value is -4.46. The first kappa shape index (κ1) is 39.8. The Morgan fingerprint density at radius 2 is 1.23 bits per heavy atom. The number of aliphatic hydroxyl groups is 8. The predicted molar refractivity (Wildman–Crippen MR) is 197 cm³/mol. The van der Waals surface area contributed by atoms with Gasteiger partial charge in [0.05, 0.1) is 13.2 Å². The third-order valence-electron chi connectivity index (χ3n) is 10.9. The lowest BCUT2D eigenvalue weighted by atomic mass is 9.66. The number of allylic oxidation sites excluding steroid dienone is 3. The minimum atomic E-state index is -1.71. The number of aliphatic hydroxyl groups excluding tert-OH is 8. The second-order valence-electron chi connectivity index (χ2n) is 14.8. The summed E-state index contributed by atoms with van der Waals surface area (Å²) < 4.78 is 34.4. The van der Waals surface area contributed by atoms with Crippen molar-refractivity contribution in [3.63, 3.8) is 0 Å². The fourth-order valence-electron chi connectivity index (χ4n) is 7.48. The normalized spacial score (nSPS) is 33.8. The molecule has 0 radical (unpaired) electrons. The van der Waals surface area contributed by atoms with Gasteiger partial charge in [0.1, 0.15) is 71.5 Å². The van der Waals surface area contributed by atoms with Gasteiger partial charge in [-0.05, 0) is 49.4 Å². The highest BCUT2D eigenvalue weighted by atomic mass is 16.7. The van der Waals surface area contributed by atoms with Crippen LogP contribution in [-0.4, -0.2) is 115 Å². The van der Waals surface area contributed by atoms with E-state index in [0.717, 1.165) is 5.57 Å². The standard InChI is InChI=1S/C40H44O16/c1-18-7-9-40(2,10-8-21-12-19-3-5-30(43)51-24(19)14-26(21)53-38-36(49)34(47)32(45)28(16-41)55-38)23(11-18)22-13-20-4-6-31(44)52-25(20)15-27(22)54-39-37(50)35(48)33(46)29(17-42)56-39/h3-6,8,10-15,23,28-29,32-39,41-42,45-50H,7,9,16-17H2,1-2H3/b10-8-/t23-,28+,29+,32+,33+,34-,35-,36+,37+,38+,39+,40+/m0/s1. The molecule has 4 heterocycles. The van der Waals surface area contributed by atoms with Gasteiger partial charge in [-0.1, -0.05) is 30.7 Å². The summed E-state index contributed by atoms with van der Waals surface area (Å²) in [5.41, 5.74) is 0.513. The molecular formula is C40H44O16. The van der Waals surface area contributed by atoms with Gasteiger partial charge in [-0.3, -0.25) is 0 Å². The Labute approximate surface area is 318 Å². The maximum atomic E-state index is 12.2. The van der Waals surface area contributed by atoms with Crippen molar-refractivity contribution in [2.75, 3.05) is 13.2 Å². The lowest BCUT2D eigenvalue weighted by molar-refractivity contribution is -0.277. The number of hydrogen-bond acceptors (Lipinski definition) is 16. The van der Waals surface area contributed by atoms with Crippen LogP contribution in [0.1, 0.15) is 43.7 Å². The van der Waals surface area contributed by atoms with Crippen molar-refractivity contribution in [1.82, 2.24) is 0 Å². The third kappa shape index (κ3) is 7.65. The molecule has 2 aromatic carbocycles. The van der Waals surface area contributed by atoms with Crippen LogP contribution in [0, 0.1) is 5.41 Å². The molecule has 0 amide bonds. The van der Waals surface area contributed by atoms with Crippen molar-refractivity contribution in [1.29, 1.82) is 0 Å². The zero-order chi connectivity index (χ0) is 40.1. The van der Waals surface area contributed by atoms with E-state index in [4.69, 9.17) is 27.8 Å². The molecule has 2 saturated heterocycles. The highest BCUT2D eigenvalue weighted by molar-refractivity contribution is 5.83. The van der Waals surface area contributed by atoms with Crippen LogP contribution in [0.2, 0.25) is 0 Å². The fourth-order valence-corrected chi connectivity index (χ4v) is 7.48. The van der Waals surface area contributed by atoms with E-state index in [2.05, 4.69) is 6.08 Å². The third-order valence-corrected chi connectivity index (χ3v) is 10.9. The molecule has 16 heteroatoms. The summed E-state index contributed by atoms with van der Waals surface area (Å²) in [5.74, 6) is -0.223. The van der Waals surface area contributed by atoms with E-state index in [-0.39, 0.29) is 22.7 Å². The van der Waals surface area contributed by atoms with Crippen LogP contribution >= 0.6 is 0 Å². The molecule has 2 aliphatic heterocycles. The maximum Gasteiger partial charge on any atom is 0.336 e. The Bertz CT molecular complexity index is 2240. The van der Waals surface area contributed by atoms with E-state index < -0.39 is 97.2 Å². The summed E-state index contributed by atoms with van der Waals surface area (Å²) in [7, 11) is 0. The molecule has 0 spiro atoms. The molecule has 2 fully saturated rings. The summed E-state index contributed by atoms with van der Waals surface area (Å²) in [5, 5.41) is 83.9. The van der Waals surface area contributed by atoms with Crippen LogP contribution in [-0.2, 0) is 9.47 Å². The van der Waals surface area contributed by atoms with Crippen molar-refractivity contribution >= 4 is 28.0 Å². The molecular weight excluding hydrogens is 736 g/mol. The summed E-state index contributed by atoms with van der Waals surface area (Å²) >= 11 is 0. The minimum Gasteiger partial charge on any atom is -0.462 e. The van der Waals surface area contributed by atoms with Gasteiger partial charge < -0.3 is 68.6 Å². The Morgan fingerprint density at radius 3 is 1.79 bits per heavy atom. The molecule has 0 bridgehead atoms. The lowest BCUT2D eigenvalue weighted by Gasteiger charge is -2.41. The SMILES string of the molecule is CC1=C[C@@H](c2cc3ccc(=O)oc3cc2O[C@@H]2O[C@H](CO)[C@@H](O)[C@H](O)[C@H]2O)[C@@](C)(/C=C\c2cc3ccc(=O)oc3cc2O[C@@H]2O[C@H](CO)[C@@H](O)[C@H](O)[C@H]2O)CC1. The molecule has 56 heavy (non-hydrogen) atoms. The van der Waals surface area contributed by atoms with Crippen LogP contribution in [0.5, 0.6) is 11.5 Å². The van der Waals surface area contributed by atoms with Gasteiger partial charge in [-0.25, -0.2) is 9.59 Å². The zero-order valence-electron chi connectivity index (χ0n) is 30.4. The van der Waals surface area contributed by atoms with Crippen molar-refractivity contribution in [2.24, 2.45) is 5.41 Å². The first-order valence-corrected chi connectivity index (χ1v) is 18.2. The molecule has 16 nitrogen and oxygen atoms in total. The van der Waals surface area contributed by atoms with Gasteiger partial charge in [0.2, 0.25) is 12.6 Å². The number of rotatable bonds is 9. The molecule has 3 aliphatic rings. The molecule has 7 rings (SSSR count). The van der Waals surface area contributed by atoms with Gasteiger partial charge in [-0.15, -0.1) is 0 Å². The first-order valence-electron chi connectivity index (χ1n) is 18.2. The van der Waals surface area contributed by atoms with E-state index in [0.29, 0.717) is 34.7 Å². The second-order valence-corrected chi connectivity index (χ2v) is 14.8. The van der Waals surface area contributed by atoms with Crippen LogP contribution in [0.4, 0.5) is 0 Å². The second kappa shape index (κ2) is 15.8. The van der Waals surface area contributed by atoms with Gasteiger partial charge >= 0.3 is 11.3 Å². The molecule has 2 aromatic heterocycles. The predicted octanol–water partition coefficient (Wildman–Crippen LogP) is 0.800. The van der Waals surface area contributed by atoms with Gasteiger partial charge in [-0.2, -0.15) is 0 Å². The van der Waals surface area contributed by atoms with E-state index in [1.54, 1.807) is 30.3 Å². The summed E-state index contributed by atoms with van der Waals surface area (Å²) in [6.07, 6.45) is -8.46. The van der Waals surface area contributed by atoms with Gasteiger partial charge in [0.25, 0.3) is 0 Å². The average molecular weight is 781 g/mol. The molecule has 0 unspecified atom stereocenters. The van der Waals surface area contributed by atoms with Crippen molar-refractivity contribution in [3.8, 4) is 11.5 Å². The summed E-state index contributed by atoms with van der Waals surface area (Å²) in [6.45, 7) is 2.67. The zero-order valence-corrected chi connectivity index (χ0v) is 30.4. The molecule has 300 valence electrons. The van der Waals surface area contributed by atoms with Crippen molar-refractivity contribution < 1.29 is 68.6 Å². The highest BCUT2D eigenvalue weighted by Crippen LogP contribution is 2.51. The summed E-state index contributed by atoms with van der Waals surface area (Å²) in [4.78, 5) is 24.3. The van der Waals surface area contributed by atoms with E-state index in [1.165, 1.54) is 24.3 Å². The quantitative estimate of drug-likeness (QED) is 0.0863. The smallest absolute Gasteiger partial charge is 0.336 e. The Balaban J connectivity index is 1.30. The van der Waals surface area contributed by atoms with Crippen LogP contribution in [0.3, 0.4) is 0 Å². The number of hydrogen-bond donors (Lipinski definition) is 8. The first-order chi connectivity index (χ1) is 26.7. The van der Waals surface area contributed by atoms with Gasteiger partial charge in [0, 0.05) is 52.1 Å². The van der Waals surface area contributed by atoms with Crippen LogP contribution in [0.25, 0.3) is 28.0 Å². The van der Waals surface area contributed by atoms with E-state index in [1.807, 2.05) is 19.9 Å². The van der Waals surface area contributed by atoms with Crippen molar-refractivity contribution in [2.45, 2.75) is 94.0 Å². The number of ether oxygens (including phenoxy) is 4. The maximum absolute atomic E-state index is 12.2. The van der Waals surface area contributed by atoms with E-state index in [9.17, 15) is 50.4 Å². The Kier molecular flexibility index (Phi) is 11.2. The van der Waals surface area contributed by atoms with Crippen molar-refractivity contribution in [3.05, 3.63) is 98.2 Å².